The summed E-state index contributed by atoms with van der Waals surface area (Å²) in [5, 5.41) is 0. The quantitative estimate of drug-likeness (QED) is 0.233. The van der Waals surface area contributed by atoms with Crippen molar-refractivity contribution >= 4 is 29.7 Å². The van der Waals surface area contributed by atoms with Gasteiger partial charge >= 0.3 is 5.97 Å². The molecule has 178 valence electrons. The van der Waals surface area contributed by atoms with E-state index in [2.05, 4.69) is 4.99 Å². The first-order chi connectivity index (χ1) is 16.0. The molecule has 1 saturated carbocycles. The minimum atomic E-state index is -0.711. The van der Waals surface area contributed by atoms with Crippen molar-refractivity contribution in [2.24, 2.45) is 10.9 Å². The van der Waals surface area contributed by atoms with E-state index in [1.165, 1.54) is 0 Å². The molecule has 2 fully saturated rings. The Morgan fingerprint density at radius 1 is 1.18 bits per heavy atom. The van der Waals surface area contributed by atoms with Crippen LogP contribution in [-0.2, 0) is 30.5 Å². The topological polar surface area (TPSA) is 93.1 Å². The number of amides is 1. The number of benzene rings is 1. The molecule has 0 bridgehead atoms. The van der Waals surface area contributed by atoms with Crippen LogP contribution in [0.2, 0.25) is 0 Å². The Bertz CT molecular complexity index is 882. The summed E-state index contributed by atoms with van der Waals surface area (Å²) in [6, 6.07) is 8.11. The Hall–Kier alpha value is -2.83. The number of carbonyl (C=O) groups is 4. The predicted molar refractivity (Wildman–Crippen MR) is 125 cm³/mol. The average Bonchev–Trinajstić information content (AvgIpc) is 3.22. The van der Waals surface area contributed by atoms with Gasteiger partial charge in [-0.2, -0.15) is 0 Å². The fraction of sp³-hybridized carbons (Fsp3) is 0.577. The number of likely N-dealkylation sites (tertiary alicyclic amines) is 1. The number of Topliss-reactive ketones (excluding diaryl/α,β-unsaturated/α-hetero) is 1. The predicted octanol–water partition coefficient (Wildman–Crippen LogP) is 3.68. The minimum absolute atomic E-state index is 0.0130. The highest BCUT2D eigenvalue weighted by Gasteiger charge is 2.48. The van der Waals surface area contributed by atoms with Gasteiger partial charge in [0.05, 0.1) is 12.1 Å². The van der Waals surface area contributed by atoms with Crippen molar-refractivity contribution in [1.82, 2.24) is 4.90 Å². The van der Waals surface area contributed by atoms with Crippen LogP contribution in [0.5, 0.6) is 0 Å². The molecule has 1 aliphatic heterocycles. The molecule has 0 radical (unpaired) electrons. The van der Waals surface area contributed by atoms with E-state index in [4.69, 9.17) is 4.74 Å². The Balaban J connectivity index is 1.79. The Kier molecular flexibility index (Phi) is 8.92. The molecule has 1 aliphatic carbocycles. The first-order valence-electron chi connectivity index (χ1n) is 12.0. The molecular weight excluding hydrogens is 420 g/mol. The highest BCUT2D eigenvalue weighted by atomic mass is 16.5. The molecule has 0 unspecified atom stereocenters. The SMILES string of the molecule is CCC[C@H](N=C(C)C(=O)N1[C@H](C(=O)OCc2ccccc2)C[C@@H]2CCCC[C@@H]21)C(=O)CC=O. The molecule has 3 rings (SSSR count). The molecule has 1 saturated heterocycles. The zero-order valence-corrected chi connectivity index (χ0v) is 19.6. The second-order valence-corrected chi connectivity index (χ2v) is 9.03. The fourth-order valence-corrected chi connectivity index (χ4v) is 5.05. The number of aliphatic imine (C=N–C) groups is 1. The van der Waals surface area contributed by atoms with Gasteiger partial charge in [-0.05, 0) is 44.1 Å². The van der Waals surface area contributed by atoms with E-state index in [1.807, 2.05) is 37.3 Å². The molecule has 7 nitrogen and oxygen atoms in total. The van der Waals surface area contributed by atoms with Gasteiger partial charge in [0.2, 0.25) is 0 Å². The summed E-state index contributed by atoms with van der Waals surface area (Å²) in [4.78, 5) is 55.8. The molecular formula is C26H34N2O5. The van der Waals surface area contributed by atoms with Gasteiger partial charge < -0.3 is 14.4 Å². The third kappa shape index (κ3) is 6.15. The molecule has 1 heterocycles. The normalized spacial score (nSPS) is 23.5. The zero-order valence-electron chi connectivity index (χ0n) is 19.6. The monoisotopic (exact) mass is 454 g/mol. The van der Waals surface area contributed by atoms with Gasteiger partial charge in [-0.25, -0.2) is 4.79 Å². The molecule has 0 spiro atoms. The summed E-state index contributed by atoms with van der Waals surface area (Å²) in [5.74, 6) is -0.717. The number of esters is 1. The maximum Gasteiger partial charge on any atom is 0.329 e. The molecule has 2 aliphatic rings. The molecule has 33 heavy (non-hydrogen) atoms. The maximum atomic E-state index is 13.5. The lowest BCUT2D eigenvalue weighted by Gasteiger charge is -2.33. The van der Waals surface area contributed by atoms with Gasteiger partial charge in [0.25, 0.3) is 5.91 Å². The van der Waals surface area contributed by atoms with Crippen molar-refractivity contribution < 1.29 is 23.9 Å². The van der Waals surface area contributed by atoms with Crippen LogP contribution in [0.3, 0.4) is 0 Å². The Labute approximate surface area is 195 Å². The van der Waals surface area contributed by atoms with Crippen molar-refractivity contribution in [3.63, 3.8) is 0 Å². The average molecular weight is 455 g/mol. The van der Waals surface area contributed by atoms with Gasteiger partial charge in [0.1, 0.15) is 25.0 Å². The van der Waals surface area contributed by atoms with Crippen LogP contribution < -0.4 is 0 Å². The van der Waals surface area contributed by atoms with Gasteiger partial charge in [-0.3, -0.25) is 14.6 Å². The Morgan fingerprint density at radius 3 is 2.61 bits per heavy atom. The highest BCUT2D eigenvalue weighted by molar-refractivity contribution is 6.38. The van der Waals surface area contributed by atoms with Crippen molar-refractivity contribution in [2.75, 3.05) is 0 Å². The zero-order chi connectivity index (χ0) is 23.8. The first-order valence-corrected chi connectivity index (χ1v) is 12.0. The van der Waals surface area contributed by atoms with E-state index < -0.39 is 18.1 Å². The second kappa shape index (κ2) is 11.9. The number of rotatable bonds is 10. The number of hydrogen-bond acceptors (Lipinski definition) is 6. The second-order valence-electron chi connectivity index (χ2n) is 9.03. The van der Waals surface area contributed by atoms with Crippen molar-refractivity contribution in [3.05, 3.63) is 35.9 Å². The summed E-state index contributed by atoms with van der Waals surface area (Å²) >= 11 is 0. The Morgan fingerprint density at radius 2 is 1.91 bits per heavy atom. The van der Waals surface area contributed by atoms with Crippen LogP contribution in [0.1, 0.15) is 70.8 Å². The molecule has 1 amide bonds. The third-order valence-electron chi connectivity index (χ3n) is 6.70. The van der Waals surface area contributed by atoms with Gasteiger partial charge in [-0.1, -0.05) is 56.5 Å². The lowest BCUT2D eigenvalue weighted by atomic mass is 9.84. The van der Waals surface area contributed by atoms with E-state index in [9.17, 15) is 19.2 Å². The molecule has 0 N–H and O–H groups in total. The number of ether oxygens (including phenoxy) is 1. The van der Waals surface area contributed by atoms with E-state index in [1.54, 1.807) is 11.8 Å². The van der Waals surface area contributed by atoms with E-state index in [0.29, 0.717) is 25.5 Å². The molecule has 1 aromatic carbocycles. The summed E-state index contributed by atoms with van der Waals surface area (Å²) < 4.78 is 5.60. The number of nitrogens with zero attached hydrogens (tertiary/aromatic N) is 2. The lowest BCUT2D eigenvalue weighted by molar-refractivity contribution is -0.154. The fourth-order valence-electron chi connectivity index (χ4n) is 5.05. The van der Waals surface area contributed by atoms with Crippen molar-refractivity contribution in [2.45, 2.75) is 89.9 Å². The van der Waals surface area contributed by atoms with Crippen LogP contribution in [0.15, 0.2) is 35.3 Å². The van der Waals surface area contributed by atoms with Crippen LogP contribution in [0.25, 0.3) is 0 Å². The van der Waals surface area contributed by atoms with Crippen molar-refractivity contribution in [3.8, 4) is 0 Å². The van der Waals surface area contributed by atoms with Gasteiger partial charge in [0.15, 0.2) is 5.78 Å². The van der Waals surface area contributed by atoms with Gasteiger partial charge in [-0.15, -0.1) is 0 Å². The smallest absolute Gasteiger partial charge is 0.329 e. The summed E-state index contributed by atoms with van der Waals surface area (Å²) in [5.41, 5.74) is 1.10. The largest absolute Gasteiger partial charge is 0.459 e. The van der Waals surface area contributed by atoms with E-state index in [-0.39, 0.29) is 42.4 Å². The van der Waals surface area contributed by atoms with Crippen LogP contribution in [0, 0.1) is 5.92 Å². The van der Waals surface area contributed by atoms with Crippen LogP contribution >= 0.6 is 0 Å². The van der Waals surface area contributed by atoms with E-state index in [0.717, 1.165) is 31.2 Å². The molecule has 0 aromatic heterocycles. The summed E-state index contributed by atoms with van der Waals surface area (Å²) in [6.07, 6.45) is 6.11. The summed E-state index contributed by atoms with van der Waals surface area (Å²) in [7, 11) is 0. The molecule has 7 heteroatoms. The number of carbonyl (C=O) groups excluding carboxylic acids is 4. The van der Waals surface area contributed by atoms with Crippen LogP contribution in [0.4, 0.5) is 0 Å². The summed E-state index contributed by atoms with van der Waals surface area (Å²) in [6.45, 7) is 3.70. The third-order valence-corrected chi connectivity index (χ3v) is 6.70. The van der Waals surface area contributed by atoms with Crippen LogP contribution in [-0.4, -0.2) is 52.7 Å². The number of ketones is 1. The van der Waals surface area contributed by atoms with Crippen molar-refractivity contribution in [1.29, 1.82) is 0 Å². The standard InChI is InChI=1S/C26H34N2O5/c1-3-9-21(24(30)14-15-29)27-18(2)25(31)28-22-13-8-7-12-20(22)16-23(28)26(32)33-17-19-10-5-4-6-11-19/h4-6,10-11,15,20-23H,3,7-9,12-14,16-17H2,1-2H3/t20-,21-,22-,23-/m0/s1. The lowest BCUT2D eigenvalue weighted by Crippen LogP contribution is -2.49. The highest BCUT2D eigenvalue weighted by Crippen LogP contribution is 2.40. The minimum Gasteiger partial charge on any atom is -0.459 e. The maximum absolute atomic E-state index is 13.5. The first kappa shape index (κ1) is 24.8. The number of hydrogen-bond donors (Lipinski definition) is 0. The molecule has 4 atom stereocenters. The number of aldehydes is 1. The van der Waals surface area contributed by atoms with E-state index >= 15 is 0 Å². The number of fused-ring (bicyclic) bond motifs is 1. The van der Waals surface area contributed by atoms with Gasteiger partial charge in [0, 0.05) is 6.04 Å². The molecule has 1 aromatic rings.